The molecule has 1 atom stereocenters. The van der Waals surface area contributed by atoms with Crippen LogP contribution < -0.4 is 4.74 Å². The SMILES string of the molecule is CC(=O)C1=Cc2cc(Cl)c(C(C)C)cc2OC1C(F)(F)F. The van der Waals surface area contributed by atoms with Gasteiger partial charge in [-0.25, -0.2) is 0 Å². The number of benzene rings is 1. The van der Waals surface area contributed by atoms with Crippen LogP contribution in [0.4, 0.5) is 13.2 Å². The van der Waals surface area contributed by atoms with Crippen molar-refractivity contribution < 1.29 is 22.7 Å². The Balaban J connectivity index is 2.58. The van der Waals surface area contributed by atoms with E-state index in [0.717, 1.165) is 6.92 Å². The van der Waals surface area contributed by atoms with Crippen LogP contribution in [0.5, 0.6) is 5.75 Å². The summed E-state index contributed by atoms with van der Waals surface area (Å²) in [6.07, 6.45) is -5.68. The maximum atomic E-state index is 13.0. The summed E-state index contributed by atoms with van der Waals surface area (Å²) < 4.78 is 44.2. The van der Waals surface area contributed by atoms with Crippen LogP contribution in [-0.2, 0) is 4.79 Å². The second-order valence-corrected chi connectivity index (χ2v) is 5.67. The van der Waals surface area contributed by atoms with Crippen LogP contribution in [0.1, 0.15) is 37.8 Å². The van der Waals surface area contributed by atoms with Crippen LogP contribution in [0.2, 0.25) is 5.02 Å². The number of carbonyl (C=O) groups is 1. The molecular weight excluding hydrogens is 305 g/mol. The molecule has 1 aliphatic rings. The molecule has 1 unspecified atom stereocenters. The van der Waals surface area contributed by atoms with Crippen molar-refractivity contribution in [2.75, 3.05) is 0 Å². The second kappa shape index (κ2) is 5.37. The van der Waals surface area contributed by atoms with Crippen molar-refractivity contribution in [2.24, 2.45) is 0 Å². The van der Waals surface area contributed by atoms with E-state index >= 15 is 0 Å². The van der Waals surface area contributed by atoms with Crippen LogP contribution in [0.3, 0.4) is 0 Å². The number of ketones is 1. The van der Waals surface area contributed by atoms with E-state index in [9.17, 15) is 18.0 Å². The zero-order chi connectivity index (χ0) is 15.9. The molecule has 0 saturated carbocycles. The highest BCUT2D eigenvalue weighted by Crippen LogP contribution is 2.40. The summed E-state index contributed by atoms with van der Waals surface area (Å²) in [6.45, 7) is 4.85. The lowest BCUT2D eigenvalue weighted by molar-refractivity contribution is -0.184. The minimum atomic E-state index is -4.65. The fourth-order valence-corrected chi connectivity index (χ4v) is 2.60. The summed E-state index contributed by atoms with van der Waals surface area (Å²) in [7, 11) is 0. The van der Waals surface area contributed by atoms with Crippen LogP contribution >= 0.6 is 11.6 Å². The molecule has 1 aromatic carbocycles. The summed E-state index contributed by atoms with van der Waals surface area (Å²) in [5, 5.41) is 0.442. The van der Waals surface area contributed by atoms with Gasteiger partial charge >= 0.3 is 6.18 Å². The first-order valence-corrected chi connectivity index (χ1v) is 6.78. The van der Waals surface area contributed by atoms with Crippen LogP contribution in [0.15, 0.2) is 17.7 Å². The first kappa shape index (κ1) is 15.9. The van der Waals surface area contributed by atoms with E-state index in [-0.39, 0.29) is 11.7 Å². The minimum Gasteiger partial charge on any atom is -0.475 e. The molecule has 0 bridgehead atoms. The monoisotopic (exact) mass is 318 g/mol. The van der Waals surface area contributed by atoms with Crippen molar-refractivity contribution in [3.8, 4) is 5.75 Å². The van der Waals surface area contributed by atoms with Gasteiger partial charge in [0.25, 0.3) is 0 Å². The third kappa shape index (κ3) is 3.07. The van der Waals surface area contributed by atoms with Gasteiger partial charge in [0, 0.05) is 16.2 Å². The lowest BCUT2D eigenvalue weighted by Gasteiger charge is -2.28. The number of fused-ring (bicyclic) bond motifs is 1. The number of ether oxygens (including phenoxy) is 1. The van der Waals surface area contributed by atoms with Crippen molar-refractivity contribution in [2.45, 2.75) is 39.0 Å². The van der Waals surface area contributed by atoms with Gasteiger partial charge in [0.1, 0.15) is 5.75 Å². The Morgan fingerprint density at radius 3 is 2.43 bits per heavy atom. The van der Waals surface area contributed by atoms with E-state index in [1.807, 2.05) is 13.8 Å². The Morgan fingerprint density at radius 2 is 1.95 bits per heavy atom. The Labute approximate surface area is 125 Å². The lowest BCUT2D eigenvalue weighted by atomic mass is 9.95. The molecule has 2 nitrogen and oxygen atoms in total. The van der Waals surface area contributed by atoms with Gasteiger partial charge in [0.05, 0.1) is 0 Å². The molecule has 6 heteroatoms. The average molecular weight is 319 g/mol. The van der Waals surface area contributed by atoms with Gasteiger partial charge in [-0.15, -0.1) is 0 Å². The van der Waals surface area contributed by atoms with Gasteiger partial charge in [-0.2, -0.15) is 13.2 Å². The highest BCUT2D eigenvalue weighted by molar-refractivity contribution is 6.31. The fourth-order valence-electron chi connectivity index (χ4n) is 2.20. The number of rotatable bonds is 2. The highest BCUT2D eigenvalue weighted by Gasteiger charge is 2.47. The zero-order valence-corrected chi connectivity index (χ0v) is 12.5. The van der Waals surface area contributed by atoms with Crippen molar-refractivity contribution in [3.05, 3.63) is 33.9 Å². The van der Waals surface area contributed by atoms with Crippen molar-refractivity contribution in [3.63, 3.8) is 0 Å². The van der Waals surface area contributed by atoms with Gasteiger partial charge in [-0.3, -0.25) is 4.79 Å². The highest BCUT2D eigenvalue weighted by atomic mass is 35.5. The molecule has 0 saturated heterocycles. The first-order valence-electron chi connectivity index (χ1n) is 6.40. The van der Waals surface area contributed by atoms with Crippen LogP contribution in [0.25, 0.3) is 6.08 Å². The molecule has 0 aliphatic carbocycles. The molecule has 0 radical (unpaired) electrons. The topological polar surface area (TPSA) is 26.3 Å². The largest absolute Gasteiger partial charge is 0.475 e. The molecule has 1 heterocycles. The average Bonchev–Trinajstić information content (AvgIpc) is 2.34. The molecule has 0 N–H and O–H groups in total. The summed E-state index contributed by atoms with van der Waals surface area (Å²) in [4.78, 5) is 11.4. The van der Waals surface area contributed by atoms with E-state index in [1.54, 1.807) is 0 Å². The number of carbonyl (C=O) groups excluding carboxylic acids is 1. The Kier molecular flexibility index (Phi) is 4.06. The smallest absolute Gasteiger partial charge is 0.429 e. The van der Waals surface area contributed by atoms with Crippen molar-refractivity contribution in [1.82, 2.24) is 0 Å². The summed E-state index contributed by atoms with van der Waals surface area (Å²) >= 11 is 6.12. The fraction of sp³-hybridized carbons (Fsp3) is 0.400. The van der Waals surface area contributed by atoms with Gasteiger partial charge in [0.2, 0.25) is 6.10 Å². The van der Waals surface area contributed by atoms with Crippen molar-refractivity contribution in [1.29, 1.82) is 0 Å². The summed E-state index contributed by atoms with van der Waals surface area (Å²) in [6, 6.07) is 3.04. The Bertz CT molecular complexity index is 618. The third-order valence-electron chi connectivity index (χ3n) is 3.29. The number of hydrogen-bond acceptors (Lipinski definition) is 2. The maximum absolute atomic E-state index is 13.0. The number of halogens is 4. The molecule has 2 rings (SSSR count). The molecule has 0 aromatic heterocycles. The molecule has 0 fully saturated rings. The van der Waals surface area contributed by atoms with E-state index in [1.165, 1.54) is 18.2 Å². The van der Waals surface area contributed by atoms with E-state index < -0.39 is 23.6 Å². The Morgan fingerprint density at radius 1 is 1.33 bits per heavy atom. The molecule has 1 aromatic rings. The van der Waals surface area contributed by atoms with E-state index in [2.05, 4.69) is 0 Å². The summed E-state index contributed by atoms with van der Waals surface area (Å²) in [5.41, 5.74) is 0.675. The molecule has 114 valence electrons. The van der Waals surface area contributed by atoms with Crippen LogP contribution in [-0.4, -0.2) is 18.1 Å². The second-order valence-electron chi connectivity index (χ2n) is 5.26. The van der Waals surface area contributed by atoms with Gasteiger partial charge in [0.15, 0.2) is 5.78 Å². The lowest BCUT2D eigenvalue weighted by Crippen LogP contribution is -2.39. The van der Waals surface area contributed by atoms with Crippen molar-refractivity contribution >= 4 is 23.5 Å². The quantitative estimate of drug-likeness (QED) is 0.786. The summed E-state index contributed by atoms with van der Waals surface area (Å²) in [5.74, 6) is -0.531. The predicted octanol–water partition coefficient (Wildman–Crippen LogP) is 4.76. The Hall–Kier alpha value is -1.49. The predicted molar refractivity (Wildman–Crippen MR) is 74.7 cm³/mol. The molecule has 21 heavy (non-hydrogen) atoms. The molecule has 1 aliphatic heterocycles. The normalized spacial score (nSPS) is 18.1. The minimum absolute atomic E-state index is 0.0499. The number of alkyl halides is 3. The number of hydrogen-bond donors (Lipinski definition) is 0. The molecular formula is C15H14ClF3O2. The third-order valence-corrected chi connectivity index (χ3v) is 3.62. The zero-order valence-electron chi connectivity index (χ0n) is 11.7. The van der Waals surface area contributed by atoms with Gasteiger partial charge in [-0.1, -0.05) is 25.4 Å². The van der Waals surface area contributed by atoms with E-state index in [0.29, 0.717) is 16.1 Å². The molecule has 0 amide bonds. The first-order chi connectivity index (χ1) is 9.61. The molecule has 0 spiro atoms. The maximum Gasteiger partial charge on any atom is 0.429 e. The van der Waals surface area contributed by atoms with Crippen LogP contribution in [0, 0.1) is 0 Å². The van der Waals surface area contributed by atoms with E-state index in [4.69, 9.17) is 16.3 Å². The number of Topliss-reactive ketones (excluding diaryl/α,β-unsaturated/α-hetero) is 1. The van der Waals surface area contributed by atoms with Gasteiger partial charge < -0.3 is 4.74 Å². The standard InChI is InChI=1S/C15H14ClF3O2/c1-7(2)10-6-13-9(5-12(10)16)4-11(8(3)20)14(21-13)15(17,18)19/h4-7,14H,1-3H3. The van der Waals surface area contributed by atoms with Gasteiger partial charge in [-0.05, 0) is 36.6 Å².